The van der Waals surface area contributed by atoms with Crippen LogP contribution < -0.4 is 15.6 Å². The number of hydrogen-bond donors (Lipinski definition) is 2. The van der Waals surface area contributed by atoms with Gasteiger partial charge in [0, 0.05) is 4.47 Å². The zero-order valence-electron chi connectivity index (χ0n) is 13.2. The predicted octanol–water partition coefficient (Wildman–Crippen LogP) is 3.56. The highest BCUT2D eigenvalue weighted by molar-refractivity contribution is 9.10. The molecule has 2 aromatic rings. The number of hydrogen-bond acceptors (Lipinski definition) is 3. The van der Waals surface area contributed by atoms with Crippen LogP contribution in [0.5, 0.6) is 5.75 Å². The summed E-state index contributed by atoms with van der Waals surface area (Å²) in [5.74, 6) is -0.358. The van der Waals surface area contributed by atoms with E-state index in [1.165, 1.54) is 0 Å². The normalized spacial score (nSPS) is 10.2. The van der Waals surface area contributed by atoms with E-state index < -0.39 is 11.8 Å². The molecule has 0 aromatic heterocycles. The SMILES string of the molecule is Cc1ccc(C)c(OCC(=O)NNC(=O)c2cc(Br)ccc2Cl)c1. The van der Waals surface area contributed by atoms with Crippen molar-refractivity contribution in [1.82, 2.24) is 10.9 Å². The monoisotopic (exact) mass is 410 g/mol. The van der Waals surface area contributed by atoms with E-state index >= 15 is 0 Å². The van der Waals surface area contributed by atoms with Gasteiger partial charge in [0.2, 0.25) is 0 Å². The molecule has 0 spiro atoms. The van der Waals surface area contributed by atoms with Crippen LogP contribution in [0.3, 0.4) is 0 Å². The Balaban J connectivity index is 1.88. The van der Waals surface area contributed by atoms with E-state index in [-0.39, 0.29) is 17.2 Å². The van der Waals surface area contributed by atoms with Gasteiger partial charge in [0.05, 0.1) is 10.6 Å². The van der Waals surface area contributed by atoms with Crippen LogP contribution in [-0.4, -0.2) is 18.4 Å². The first-order valence-electron chi connectivity index (χ1n) is 7.11. The average molecular weight is 412 g/mol. The van der Waals surface area contributed by atoms with Crippen LogP contribution in [0, 0.1) is 13.8 Å². The standard InChI is InChI=1S/C17H16BrClN2O3/c1-10-3-4-11(2)15(7-10)24-9-16(22)20-21-17(23)13-8-12(18)5-6-14(13)19/h3-8H,9H2,1-2H3,(H,20,22)(H,21,23). The van der Waals surface area contributed by atoms with E-state index in [1.54, 1.807) is 18.2 Å². The highest BCUT2D eigenvalue weighted by atomic mass is 79.9. The molecule has 0 aliphatic carbocycles. The lowest BCUT2D eigenvalue weighted by molar-refractivity contribution is -0.123. The summed E-state index contributed by atoms with van der Waals surface area (Å²) in [4.78, 5) is 23.8. The van der Waals surface area contributed by atoms with Crippen LogP contribution in [-0.2, 0) is 4.79 Å². The topological polar surface area (TPSA) is 67.4 Å². The fraction of sp³-hybridized carbons (Fsp3) is 0.176. The van der Waals surface area contributed by atoms with Gasteiger partial charge in [-0.25, -0.2) is 0 Å². The molecule has 0 atom stereocenters. The molecule has 2 rings (SSSR count). The molecule has 5 nitrogen and oxygen atoms in total. The summed E-state index contributed by atoms with van der Waals surface area (Å²) in [6.45, 7) is 3.62. The molecule has 126 valence electrons. The minimum absolute atomic E-state index is 0.212. The molecule has 0 aliphatic rings. The fourth-order valence-electron chi connectivity index (χ4n) is 1.91. The zero-order chi connectivity index (χ0) is 17.7. The van der Waals surface area contributed by atoms with Crippen molar-refractivity contribution >= 4 is 39.3 Å². The first-order valence-corrected chi connectivity index (χ1v) is 8.28. The van der Waals surface area contributed by atoms with Gasteiger partial charge >= 0.3 is 0 Å². The van der Waals surface area contributed by atoms with E-state index in [1.807, 2.05) is 32.0 Å². The van der Waals surface area contributed by atoms with Crippen LogP contribution in [0.25, 0.3) is 0 Å². The number of nitrogens with one attached hydrogen (secondary N) is 2. The summed E-state index contributed by atoms with van der Waals surface area (Å²) in [5, 5.41) is 0.289. The Kier molecular flexibility index (Phi) is 6.23. The molecule has 2 aromatic carbocycles. The molecule has 0 aliphatic heterocycles. The molecule has 7 heteroatoms. The Morgan fingerprint density at radius 3 is 2.62 bits per heavy atom. The Morgan fingerprint density at radius 2 is 1.88 bits per heavy atom. The lowest BCUT2D eigenvalue weighted by Gasteiger charge is -2.11. The zero-order valence-corrected chi connectivity index (χ0v) is 15.5. The minimum Gasteiger partial charge on any atom is -0.483 e. The highest BCUT2D eigenvalue weighted by Gasteiger charge is 2.12. The Hall–Kier alpha value is -2.05. The molecule has 0 radical (unpaired) electrons. The number of benzene rings is 2. The molecule has 0 saturated heterocycles. The third kappa shape index (κ3) is 4.97. The van der Waals surface area contributed by atoms with Gasteiger partial charge in [-0.3, -0.25) is 20.4 Å². The minimum atomic E-state index is -0.513. The number of rotatable bonds is 4. The van der Waals surface area contributed by atoms with Crippen molar-refractivity contribution in [3.05, 3.63) is 62.6 Å². The molecule has 0 heterocycles. The number of carbonyl (C=O) groups is 2. The van der Waals surface area contributed by atoms with Crippen molar-refractivity contribution in [3.63, 3.8) is 0 Å². The van der Waals surface area contributed by atoms with Gasteiger partial charge in [-0.15, -0.1) is 0 Å². The molecular weight excluding hydrogens is 396 g/mol. The quantitative estimate of drug-likeness (QED) is 0.756. The Labute approximate surface area is 153 Å². The van der Waals surface area contributed by atoms with E-state index in [2.05, 4.69) is 26.8 Å². The Morgan fingerprint density at radius 1 is 1.12 bits per heavy atom. The molecule has 0 bridgehead atoms. The predicted molar refractivity (Wildman–Crippen MR) is 96.2 cm³/mol. The van der Waals surface area contributed by atoms with Gasteiger partial charge in [0.1, 0.15) is 5.75 Å². The second kappa shape index (κ2) is 8.17. The average Bonchev–Trinajstić information content (AvgIpc) is 2.55. The largest absolute Gasteiger partial charge is 0.483 e. The van der Waals surface area contributed by atoms with E-state index in [9.17, 15) is 9.59 Å². The van der Waals surface area contributed by atoms with Crippen molar-refractivity contribution in [3.8, 4) is 5.75 Å². The van der Waals surface area contributed by atoms with Gasteiger partial charge in [-0.1, -0.05) is 39.7 Å². The van der Waals surface area contributed by atoms with Gasteiger partial charge in [-0.2, -0.15) is 0 Å². The van der Waals surface area contributed by atoms with Crippen molar-refractivity contribution in [2.75, 3.05) is 6.61 Å². The van der Waals surface area contributed by atoms with E-state index in [4.69, 9.17) is 16.3 Å². The van der Waals surface area contributed by atoms with E-state index in [0.717, 1.165) is 11.1 Å². The van der Waals surface area contributed by atoms with Crippen LogP contribution in [0.15, 0.2) is 40.9 Å². The number of amides is 2. The summed E-state index contributed by atoms with van der Waals surface area (Å²) in [6.07, 6.45) is 0. The number of ether oxygens (including phenoxy) is 1. The molecule has 2 N–H and O–H groups in total. The summed E-state index contributed by atoms with van der Waals surface area (Å²) in [6, 6.07) is 10.6. The van der Waals surface area contributed by atoms with Crippen LogP contribution >= 0.6 is 27.5 Å². The summed E-state index contributed by atoms with van der Waals surface area (Å²) < 4.78 is 6.17. The molecule has 24 heavy (non-hydrogen) atoms. The Bertz CT molecular complexity index is 780. The van der Waals surface area contributed by atoms with Crippen LogP contribution in [0.2, 0.25) is 5.02 Å². The van der Waals surface area contributed by atoms with Crippen molar-refractivity contribution in [1.29, 1.82) is 0 Å². The summed E-state index contributed by atoms with van der Waals surface area (Å²) >= 11 is 9.22. The van der Waals surface area contributed by atoms with Gasteiger partial charge in [-0.05, 0) is 49.2 Å². The van der Waals surface area contributed by atoms with Crippen LogP contribution in [0.4, 0.5) is 0 Å². The first-order chi connectivity index (χ1) is 11.4. The third-order valence-electron chi connectivity index (χ3n) is 3.19. The second-order valence-electron chi connectivity index (χ2n) is 5.18. The number of aryl methyl sites for hydroxylation is 2. The summed E-state index contributed by atoms with van der Waals surface area (Å²) in [7, 11) is 0. The molecule has 0 fully saturated rings. The number of hydrazine groups is 1. The van der Waals surface area contributed by atoms with Crippen molar-refractivity contribution < 1.29 is 14.3 Å². The molecular formula is C17H16BrClN2O3. The fourth-order valence-corrected chi connectivity index (χ4v) is 2.47. The second-order valence-corrected chi connectivity index (χ2v) is 6.51. The van der Waals surface area contributed by atoms with Gasteiger partial charge < -0.3 is 4.74 Å². The first kappa shape index (κ1) is 18.3. The number of halogens is 2. The van der Waals surface area contributed by atoms with Crippen molar-refractivity contribution in [2.45, 2.75) is 13.8 Å². The summed E-state index contributed by atoms with van der Waals surface area (Å²) in [5.41, 5.74) is 6.82. The number of carbonyl (C=O) groups excluding carboxylic acids is 2. The highest BCUT2D eigenvalue weighted by Crippen LogP contribution is 2.21. The lowest BCUT2D eigenvalue weighted by Crippen LogP contribution is -2.43. The molecule has 2 amide bonds. The molecule has 0 saturated carbocycles. The van der Waals surface area contributed by atoms with Gasteiger partial charge in [0.15, 0.2) is 6.61 Å². The van der Waals surface area contributed by atoms with Gasteiger partial charge in [0.25, 0.3) is 11.8 Å². The maximum absolute atomic E-state index is 12.0. The third-order valence-corrected chi connectivity index (χ3v) is 4.01. The van der Waals surface area contributed by atoms with Crippen LogP contribution in [0.1, 0.15) is 21.5 Å². The van der Waals surface area contributed by atoms with Crippen molar-refractivity contribution in [2.24, 2.45) is 0 Å². The maximum Gasteiger partial charge on any atom is 0.276 e. The maximum atomic E-state index is 12.0. The lowest BCUT2D eigenvalue weighted by atomic mass is 10.1. The smallest absolute Gasteiger partial charge is 0.276 e. The molecule has 0 unspecified atom stereocenters. The van der Waals surface area contributed by atoms with E-state index in [0.29, 0.717) is 10.2 Å².